The predicted octanol–water partition coefficient (Wildman–Crippen LogP) is 4.15. The summed E-state index contributed by atoms with van der Waals surface area (Å²) in [5.41, 5.74) is 0. The minimum Gasteiger partial charge on any atom is -0.307 e. The van der Waals surface area contributed by atoms with Gasteiger partial charge < -0.3 is 10.2 Å². The van der Waals surface area contributed by atoms with Gasteiger partial charge in [-0.3, -0.25) is 0 Å². The third-order valence-corrected chi connectivity index (χ3v) is 5.90. The fourth-order valence-electron chi connectivity index (χ4n) is 2.65. The van der Waals surface area contributed by atoms with Crippen LogP contribution in [0.2, 0.25) is 0 Å². The van der Waals surface area contributed by atoms with Crippen LogP contribution in [0.3, 0.4) is 0 Å². The molecule has 1 aliphatic rings. The first-order chi connectivity index (χ1) is 9.75. The number of likely N-dealkylation sites (N-methyl/N-ethyl adjacent to an activating group) is 1. The summed E-state index contributed by atoms with van der Waals surface area (Å²) in [6, 6.07) is 9.85. The number of hydrogen-bond donors (Lipinski definition) is 1. The van der Waals surface area contributed by atoms with Crippen LogP contribution in [-0.4, -0.2) is 25.5 Å². The molecule has 1 N–H and O–H groups in total. The third kappa shape index (κ3) is 3.31. The van der Waals surface area contributed by atoms with Gasteiger partial charge in [-0.25, -0.2) is 0 Å². The van der Waals surface area contributed by atoms with Crippen LogP contribution in [0.15, 0.2) is 35.0 Å². The molecule has 1 saturated carbocycles. The maximum Gasteiger partial charge on any atom is 0.0561 e. The molecule has 0 aromatic carbocycles. The predicted molar refractivity (Wildman–Crippen MR) is 88.5 cm³/mol. The van der Waals surface area contributed by atoms with Crippen LogP contribution in [0.25, 0.3) is 0 Å². The highest BCUT2D eigenvalue weighted by atomic mass is 32.1. The molecule has 2 nitrogen and oxygen atoms in total. The van der Waals surface area contributed by atoms with Crippen LogP contribution in [0.5, 0.6) is 0 Å². The molecule has 20 heavy (non-hydrogen) atoms. The first-order valence-electron chi connectivity index (χ1n) is 7.22. The number of nitrogens with zero attached hydrogens (tertiary/aromatic N) is 1. The standard InChI is InChI=1S/C16H22N2S2/c1-18(2)13(14-5-3-9-19-14)11-17-16(12-7-8-12)15-6-4-10-20-15/h3-6,9-10,12-13,16-17H,7-8,11H2,1-2H3. The Morgan fingerprint density at radius 2 is 1.80 bits per heavy atom. The molecule has 1 fully saturated rings. The van der Waals surface area contributed by atoms with Crippen LogP contribution >= 0.6 is 22.7 Å². The summed E-state index contributed by atoms with van der Waals surface area (Å²) in [5.74, 6) is 0.847. The monoisotopic (exact) mass is 306 g/mol. The Morgan fingerprint density at radius 1 is 1.15 bits per heavy atom. The molecule has 2 aromatic rings. The van der Waals surface area contributed by atoms with Crippen molar-refractivity contribution < 1.29 is 0 Å². The van der Waals surface area contributed by atoms with E-state index < -0.39 is 0 Å². The van der Waals surface area contributed by atoms with Gasteiger partial charge in [0.2, 0.25) is 0 Å². The topological polar surface area (TPSA) is 15.3 Å². The SMILES string of the molecule is CN(C)C(CNC(c1cccs1)C1CC1)c1cccs1. The van der Waals surface area contributed by atoms with Gasteiger partial charge in [-0.15, -0.1) is 22.7 Å². The fraction of sp³-hybridized carbons (Fsp3) is 0.500. The van der Waals surface area contributed by atoms with E-state index in [2.05, 4.69) is 59.3 Å². The lowest BCUT2D eigenvalue weighted by molar-refractivity contribution is 0.279. The van der Waals surface area contributed by atoms with Gasteiger partial charge in [0.1, 0.15) is 0 Å². The van der Waals surface area contributed by atoms with E-state index in [1.165, 1.54) is 22.6 Å². The van der Waals surface area contributed by atoms with Crippen LogP contribution in [-0.2, 0) is 0 Å². The van der Waals surface area contributed by atoms with Gasteiger partial charge in [-0.1, -0.05) is 12.1 Å². The van der Waals surface area contributed by atoms with Crippen molar-refractivity contribution in [2.24, 2.45) is 5.92 Å². The molecule has 0 amide bonds. The van der Waals surface area contributed by atoms with Gasteiger partial charge in [-0.2, -0.15) is 0 Å². The van der Waals surface area contributed by atoms with E-state index in [-0.39, 0.29) is 0 Å². The van der Waals surface area contributed by atoms with Crippen molar-refractivity contribution in [3.8, 4) is 0 Å². The van der Waals surface area contributed by atoms with Crippen LogP contribution in [0, 0.1) is 5.92 Å². The maximum atomic E-state index is 3.83. The second-order valence-electron chi connectivity index (χ2n) is 5.73. The average Bonchev–Trinajstić information content (AvgIpc) is 2.93. The fourth-order valence-corrected chi connectivity index (χ4v) is 4.47. The lowest BCUT2D eigenvalue weighted by Gasteiger charge is -2.26. The molecule has 0 spiro atoms. The number of hydrogen-bond acceptors (Lipinski definition) is 4. The van der Waals surface area contributed by atoms with E-state index in [9.17, 15) is 0 Å². The lowest BCUT2D eigenvalue weighted by Crippen LogP contribution is -2.33. The van der Waals surface area contributed by atoms with E-state index in [0.717, 1.165) is 12.5 Å². The molecule has 2 atom stereocenters. The van der Waals surface area contributed by atoms with Crippen LogP contribution in [0.4, 0.5) is 0 Å². The highest BCUT2D eigenvalue weighted by Gasteiger charge is 2.33. The molecule has 2 unspecified atom stereocenters. The summed E-state index contributed by atoms with van der Waals surface area (Å²) in [7, 11) is 4.34. The highest BCUT2D eigenvalue weighted by Crippen LogP contribution is 2.42. The molecule has 0 bridgehead atoms. The summed E-state index contributed by atoms with van der Waals surface area (Å²) in [4.78, 5) is 5.26. The number of nitrogens with one attached hydrogen (secondary N) is 1. The van der Waals surface area contributed by atoms with E-state index in [4.69, 9.17) is 0 Å². The first kappa shape index (κ1) is 14.3. The van der Waals surface area contributed by atoms with Gasteiger partial charge in [0.15, 0.2) is 0 Å². The van der Waals surface area contributed by atoms with Gasteiger partial charge in [0.25, 0.3) is 0 Å². The second-order valence-corrected chi connectivity index (χ2v) is 7.69. The summed E-state index contributed by atoms with van der Waals surface area (Å²) >= 11 is 3.74. The quantitative estimate of drug-likeness (QED) is 0.826. The molecule has 108 valence electrons. The second kappa shape index (κ2) is 6.39. The number of thiophene rings is 2. The normalized spacial score (nSPS) is 18.4. The zero-order valence-electron chi connectivity index (χ0n) is 12.1. The Kier molecular flexibility index (Phi) is 4.56. The zero-order valence-corrected chi connectivity index (χ0v) is 13.7. The minimum atomic E-state index is 0.469. The Bertz CT molecular complexity index is 460. The van der Waals surface area contributed by atoms with Crippen molar-refractivity contribution in [1.29, 1.82) is 0 Å². The summed E-state index contributed by atoms with van der Waals surface area (Å²) in [6.45, 7) is 1.02. The molecule has 4 heteroatoms. The molecule has 1 aliphatic carbocycles. The van der Waals surface area contributed by atoms with E-state index in [0.29, 0.717) is 12.1 Å². The third-order valence-electron chi connectivity index (χ3n) is 3.97. The van der Waals surface area contributed by atoms with Crippen molar-refractivity contribution in [3.05, 3.63) is 44.8 Å². The van der Waals surface area contributed by atoms with Crippen LogP contribution in [0.1, 0.15) is 34.7 Å². The molecular formula is C16H22N2S2. The smallest absolute Gasteiger partial charge is 0.0561 e. The Hall–Kier alpha value is -0.680. The zero-order chi connectivity index (χ0) is 13.9. The molecule has 2 heterocycles. The van der Waals surface area contributed by atoms with E-state index in [1.54, 1.807) is 0 Å². The van der Waals surface area contributed by atoms with Gasteiger partial charge in [0.05, 0.1) is 6.04 Å². The highest BCUT2D eigenvalue weighted by molar-refractivity contribution is 7.10. The van der Waals surface area contributed by atoms with Gasteiger partial charge in [-0.05, 0) is 55.7 Å². The van der Waals surface area contributed by atoms with Crippen molar-refractivity contribution in [1.82, 2.24) is 10.2 Å². The first-order valence-corrected chi connectivity index (χ1v) is 8.98. The van der Waals surface area contributed by atoms with E-state index in [1.807, 2.05) is 22.7 Å². The van der Waals surface area contributed by atoms with Crippen molar-refractivity contribution >= 4 is 22.7 Å². The Morgan fingerprint density at radius 3 is 2.30 bits per heavy atom. The summed E-state index contributed by atoms with van der Waals surface area (Å²) < 4.78 is 0. The maximum absolute atomic E-state index is 3.83. The lowest BCUT2D eigenvalue weighted by atomic mass is 10.1. The molecule has 0 aliphatic heterocycles. The summed E-state index contributed by atoms with van der Waals surface area (Å²) in [5, 5.41) is 8.19. The Balaban J connectivity index is 1.67. The van der Waals surface area contributed by atoms with Crippen molar-refractivity contribution in [3.63, 3.8) is 0 Å². The molecule has 2 aromatic heterocycles. The van der Waals surface area contributed by atoms with Crippen LogP contribution < -0.4 is 5.32 Å². The van der Waals surface area contributed by atoms with Crippen molar-refractivity contribution in [2.75, 3.05) is 20.6 Å². The minimum absolute atomic E-state index is 0.469. The van der Waals surface area contributed by atoms with Gasteiger partial charge in [0, 0.05) is 22.3 Å². The van der Waals surface area contributed by atoms with Gasteiger partial charge >= 0.3 is 0 Å². The largest absolute Gasteiger partial charge is 0.307 e. The molecule has 0 radical (unpaired) electrons. The Labute approximate surface area is 129 Å². The van der Waals surface area contributed by atoms with E-state index >= 15 is 0 Å². The average molecular weight is 306 g/mol. The van der Waals surface area contributed by atoms with Crippen molar-refractivity contribution in [2.45, 2.75) is 24.9 Å². The molecular weight excluding hydrogens is 284 g/mol. The molecule has 3 rings (SSSR count). The summed E-state index contributed by atoms with van der Waals surface area (Å²) in [6.07, 6.45) is 2.75. The molecule has 0 saturated heterocycles. The number of rotatable bonds is 7.